The lowest BCUT2D eigenvalue weighted by atomic mass is 9.82. The second-order valence-electron chi connectivity index (χ2n) is 5.08. The Kier molecular flexibility index (Phi) is 5.08. The van der Waals surface area contributed by atoms with E-state index in [1.165, 1.54) is 0 Å². The highest BCUT2D eigenvalue weighted by molar-refractivity contribution is 6.28. The highest BCUT2D eigenvalue weighted by Crippen LogP contribution is 2.29. The number of hydrogen-bond acceptors (Lipinski definition) is 6. The zero-order valence-corrected chi connectivity index (χ0v) is 11.7. The Labute approximate surface area is 121 Å². The number of rotatable bonds is 5. The molecule has 0 aliphatic heterocycles. The van der Waals surface area contributed by atoms with Crippen molar-refractivity contribution in [2.75, 3.05) is 18.5 Å². The lowest BCUT2D eigenvalue weighted by Gasteiger charge is -2.27. The van der Waals surface area contributed by atoms with Crippen LogP contribution in [-0.4, -0.2) is 33.1 Å². The maximum atomic E-state index is 10.9. The van der Waals surface area contributed by atoms with Gasteiger partial charge < -0.3 is 10.4 Å². The normalized spacial score (nSPS) is 22.5. The van der Waals surface area contributed by atoms with E-state index < -0.39 is 4.92 Å². The number of aliphatic hydroxyl groups is 1. The predicted octanol–water partition coefficient (Wildman–Crippen LogP) is 2.25. The summed E-state index contributed by atoms with van der Waals surface area (Å²) >= 11 is 5.67. The van der Waals surface area contributed by atoms with Crippen LogP contribution in [0.5, 0.6) is 0 Å². The quantitative estimate of drug-likeness (QED) is 0.491. The van der Waals surface area contributed by atoms with Gasteiger partial charge in [0.2, 0.25) is 11.1 Å². The number of aromatic nitrogens is 2. The van der Waals surface area contributed by atoms with Crippen LogP contribution in [0.25, 0.3) is 0 Å². The van der Waals surface area contributed by atoms with Gasteiger partial charge in [0.15, 0.2) is 0 Å². The van der Waals surface area contributed by atoms with E-state index in [9.17, 15) is 10.1 Å². The van der Waals surface area contributed by atoms with E-state index in [-0.39, 0.29) is 23.4 Å². The van der Waals surface area contributed by atoms with Gasteiger partial charge in [0, 0.05) is 13.2 Å². The fourth-order valence-corrected chi connectivity index (χ4v) is 2.61. The third-order valence-corrected chi connectivity index (χ3v) is 3.90. The smallest absolute Gasteiger partial charge is 0.329 e. The monoisotopic (exact) mass is 300 g/mol. The first-order valence-electron chi connectivity index (χ1n) is 6.61. The van der Waals surface area contributed by atoms with Crippen LogP contribution in [0.3, 0.4) is 0 Å². The summed E-state index contributed by atoms with van der Waals surface area (Å²) in [5.41, 5.74) is -0.168. The maximum Gasteiger partial charge on any atom is 0.329 e. The van der Waals surface area contributed by atoms with Gasteiger partial charge in [0.1, 0.15) is 6.20 Å². The zero-order chi connectivity index (χ0) is 14.5. The fraction of sp³-hybridized carbons (Fsp3) is 0.667. The van der Waals surface area contributed by atoms with E-state index in [4.69, 9.17) is 16.7 Å². The maximum absolute atomic E-state index is 10.9. The number of nitrogens with one attached hydrogen (secondary N) is 1. The minimum atomic E-state index is -0.526. The Morgan fingerprint density at radius 1 is 1.40 bits per heavy atom. The Balaban J connectivity index is 1.94. The molecule has 1 aromatic rings. The van der Waals surface area contributed by atoms with Gasteiger partial charge in [-0.1, -0.05) is 0 Å². The van der Waals surface area contributed by atoms with Crippen molar-refractivity contribution in [1.82, 2.24) is 9.97 Å². The van der Waals surface area contributed by atoms with E-state index >= 15 is 0 Å². The molecule has 7 nitrogen and oxygen atoms in total. The molecule has 1 aromatic heterocycles. The van der Waals surface area contributed by atoms with Gasteiger partial charge in [-0.3, -0.25) is 10.1 Å². The lowest BCUT2D eigenvalue weighted by molar-refractivity contribution is -0.384. The molecule has 1 aliphatic rings. The third-order valence-electron chi connectivity index (χ3n) is 3.72. The molecule has 8 heteroatoms. The number of halogens is 1. The number of nitro groups is 1. The summed E-state index contributed by atoms with van der Waals surface area (Å²) in [7, 11) is 0. The molecule has 1 saturated carbocycles. The molecule has 0 atom stereocenters. The summed E-state index contributed by atoms with van der Waals surface area (Å²) in [6, 6.07) is 0. The van der Waals surface area contributed by atoms with Gasteiger partial charge in [0.05, 0.1) is 4.92 Å². The number of hydrogen-bond donors (Lipinski definition) is 2. The first-order valence-corrected chi connectivity index (χ1v) is 6.99. The highest BCUT2D eigenvalue weighted by Gasteiger charge is 2.22. The van der Waals surface area contributed by atoms with Crippen LogP contribution in [0, 0.1) is 22.0 Å². The van der Waals surface area contributed by atoms with Crippen molar-refractivity contribution in [2.24, 2.45) is 11.8 Å². The van der Waals surface area contributed by atoms with Gasteiger partial charge in [-0.25, -0.2) is 4.98 Å². The number of nitrogens with zero attached hydrogens (tertiary/aromatic N) is 3. The van der Waals surface area contributed by atoms with Crippen molar-refractivity contribution in [2.45, 2.75) is 25.7 Å². The Morgan fingerprint density at radius 3 is 2.65 bits per heavy atom. The van der Waals surface area contributed by atoms with Crippen LogP contribution in [0.2, 0.25) is 5.28 Å². The Hall–Kier alpha value is -1.47. The van der Waals surface area contributed by atoms with Gasteiger partial charge in [-0.2, -0.15) is 4.98 Å². The average Bonchev–Trinajstić information content (AvgIpc) is 2.45. The zero-order valence-electron chi connectivity index (χ0n) is 11.0. The molecule has 1 aliphatic carbocycles. The summed E-state index contributed by atoms with van der Waals surface area (Å²) in [6.45, 7) is 0.861. The van der Waals surface area contributed by atoms with Crippen molar-refractivity contribution in [3.63, 3.8) is 0 Å². The Morgan fingerprint density at radius 2 is 2.05 bits per heavy atom. The summed E-state index contributed by atoms with van der Waals surface area (Å²) in [5, 5.41) is 23.0. The van der Waals surface area contributed by atoms with Crippen molar-refractivity contribution in [1.29, 1.82) is 0 Å². The molecule has 0 bridgehead atoms. The molecule has 0 unspecified atom stereocenters. The molecule has 110 valence electrons. The van der Waals surface area contributed by atoms with E-state index in [1.54, 1.807) is 0 Å². The van der Waals surface area contributed by atoms with Gasteiger partial charge in [-0.05, 0) is 49.1 Å². The van der Waals surface area contributed by atoms with Crippen LogP contribution in [0.1, 0.15) is 25.7 Å². The van der Waals surface area contributed by atoms with Crippen LogP contribution >= 0.6 is 11.6 Å². The standard InChI is InChI=1S/C12H17ClN4O3/c13-12-15-6-10(17(19)20)11(16-12)14-5-8-1-3-9(7-18)4-2-8/h6,8-9,18H,1-5,7H2,(H,14,15,16). The van der Waals surface area contributed by atoms with Crippen LogP contribution in [-0.2, 0) is 0 Å². The molecule has 0 aromatic carbocycles. The van der Waals surface area contributed by atoms with Gasteiger partial charge in [-0.15, -0.1) is 0 Å². The van der Waals surface area contributed by atoms with Gasteiger partial charge in [0.25, 0.3) is 0 Å². The predicted molar refractivity (Wildman–Crippen MR) is 74.7 cm³/mol. The average molecular weight is 301 g/mol. The topological polar surface area (TPSA) is 101 Å². The largest absolute Gasteiger partial charge is 0.396 e. The molecule has 0 radical (unpaired) electrons. The molecule has 1 fully saturated rings. The van der Waals surface area contributed by atoms with E-state index in [0.29, 0.717) is 18.4 Å². The molecule has 2 rings (SSSR count). The third kappa shape index (κ3) is 3.77. The van der Waals surface area contributed by atoms with Crippen molar-refractivity contribution in [3.05, 3.63) is 21.6 Å². The summed E-state index contributed by atoms with van der Waals surface area (Å²) in [6.07, 6.45) is 5.11. The molecule has 20 heavy (non-hydrogen) atoms. The molecule has 0 saturated heterocycles. The molecule has 0 spiro atoms. The van der Waals surface area contributed by atoms with Crippen molar-refractivity contribution in [3.8, 4) is 0 Å². The fourth-order valence-electron chi connectivity index (χ4n) is 2.48. The van der Waals surface area contributed by atoms with Crippen molar-refractivity contribution < 1.29 is 10.0 Å². The first-order chi connectivity index (χ1) is 9.60. The summed E-state index contributed by atoms with van der Waals surface area (Å²) in [4.78, 5) is 17.8. The SMILES string of the molecule is O=[N+]([O-])c1cnc(Cl)nc1NCC1CCC(CO)CC1. The number of aliphatic hydroxyl groups excluding tert-OH is 1. The highest BCUT2D eigenvalue weighted by atomic mass is 35.5. The van der Waals surface area contributed by atoms with E-state index in [2.05, 4.69) is 15.3 Å². The second kappa shape index (κ2) is 6.81. The van der Waals surface area contributed by atoms with Crippen LogP contribution in [0.4, 0.5) is 11.5 Å². The van der Waals surface area contributed by atoms with E-state index in [0.717, 1.165) is 31.9 Å². The first kappa shape index (κ1) is 14.9. The lowest BCUT2D eigenvalue weighted by Crippen LogP contribution is -2.23. The van der Waals surface area contributed by atoms with Gasteiger partial charge >= 0.3 is 5.69 Å². The molecule has 1 heterocycles. The van der Waals surface area contributed by atoms with Crippen molar-refractivity contribution >= 4 is 23.1 Å². The molecular weight excluding hydrogens is 284 g/mol. The minimum Gasteiger partial charge on any atom is -0.396 e. The molecular formula is C12H17ClN4O3. The molecule has 2 N–H and O–H groups in total. The number of anilines is 1. The molecule has 0 amide bonds. The Bertz CT molecular complexity index is 478. The second-order valence-corrected chi connectivity index (χ2v) is 5.42. The van der Waals surface area contributed by atoms with E-state index in [1.807, 2.05) is 0 Å². The minimum absolute atomic E-state index is 0.0120. The summed E-state index contributed by atoms with van der Waals surface area (Å²) < 4.78 is 0. The van der Waals surface area contributed by atoms with Crippen LogP contribution < -0.4 is 5.32 Å². The van der Waals surface area contributed by atoms with Crippen LogP contribution in [0.15, 0.2) is 6.20 Å². The summed E-state index contributed by atoms with van der Waals surface area (Å²) in [5.74, 6) is 1.000.